The van der Waals surface area contributed by atoms with Gasteiger partial charge >= 0.3 is 0 Å². The number of hydrogen-bond donors (Lipinski definition) is 1. The van der Waals surface area contributed by atoms with E-state index >= 15 is 0 Å². The Kier molecular flexibility index (Phi) is 4.08. The predicted octanol–water partition coefficient (Wildman–Crippen LogP) is 3.49. The van der Waals surface area contributed by atoms with Crippen molar-refractivity contribution in [1.29, 1.82) is 0 Å². The molecule has 2 bridgehead atoms. The Labute approximate surface area is 121 Å². The summed E-state index contributed by atoms with van der Waals surface area (Å²) in [5.74, 6) is -0.149. The van der Waals surface area contributed by atoms with E-state index in [-0.39, 0.29) is 5.82 Å². The largest absolute Gasteiger partial charge is 0.311 e. The van der Waals surface area contributed by atoms with Crippen LogP contribution in [-0.4, -0.2) is 29.6 Å². The normalized spacial score (nSPS) is 30.7. The Bertz CT molecular complexity index is 433. The Morgan fingerprint density at radius 3 is 2.35 bits per heavy atom. The van der Waals surface area contributed by atoms with Gasteiger partial charge in [0.15, 0.2) is 0 Å². The first kappa shape index (κ1) is 14.0. The van der Waals surface area contributed by atoms with Gasteiger partial charge in [-0.2, -0.15) is 0 Å². The van der Waals surface area contributed by atoms with Crippen molar-refractivity contribution in [1.82, 2.24) is 10.2 Å². The van der Waals surface area contributed by atoms with Gasteiger partial charge in [-0.05, 0) is 56.8 Å². The summed E-state index contributed by atoms with van der Waals surface area (Å²) in [6, 6.07) is 9.47. The lowest BCUT2D eigenvalue weighted by Crippen LogP contribution is -2.48. The second-order valence-corrected chi connectivity index (χ2v) is 6.32. The minimum Gasteiger partial charge on any atom is -0.311 e. The van der Waals surface area contributed by atoms with Crippen molar-refractivity contribution in [2.24, 2.45) is 0 Å². The van der Waals surface area contributed by atoms with Crippen molar-refractivity contribution >= 4 is 0 Å². The molecule has 2 nitrogen and oxygen atoms in total. The molecule has 0 radical (unpaired) electrons. The molecule has 20 heavy (non-hydrogen) atoms. The van der Waals surface area contributed by atoms with Crippen molar-refractivity contribution in [3.05, 3.63) is 35.6 Å². The van der Waals surface area contributed by atoms with Crippen molar-refractivity contribution < 1.29 is 4.39 Å². The van der Waals surface area contributed by atoms with Crippen LogP contribution in [0, 0.1) is 5.82 Å². The average Bonchev–Trinajstić information content (AvgIpc) is 2.79. The van der Waals surface area contributed by atoms with Crippen LogP contribution in [-0.2, 0) is 0 Å². The van der Waals surface area contributed by atoms with Gasteiger partial charge in [-0.3, -0.25) is 4.90 Å². The van der Waals surface area contributed by atoms with Gasteiger partial charge in [-0.25, -0.2) is 4.39 Å². The summed E-state index contributed by atoms with van der Waals surface area (Å²) in [5.41, 5.74) is 1.22. The third kappa shape index (κ3) is 2.75. The third-order valence-corrected chi connectivity index (χ3v) is 5.13. The zero-order valence-corrected chi connectivity index (χ0v) is 12.5. The molecule has 1 N–H and O–H groups in total. The first-order valence-electron chi connectivity index (χ1n) is 7.94. The highest BCUT2D eigenvalue weighted by atomic mass is 19.1. The van der Waals surface area contributed by atoms with E-state index in [0.717, 1.165) is 6.54 Å². The summed E-state index contributed by atoms with van der Waals surface area (Å²) < 4.78 is 13.1. The van der Waals surface area contributed by atoms with Gasteiger partial charge in [0.1, 0.15) is 5.82 Å². The number of rotatable bonds is 4. The maximum absolute atomic E-state index is 13.1. The molecule has 2 saturated heterocycles. The molecule has 2 fully saturated rings. The van der Waals surface area contributed by atoms with Gasteiger partial charge in [0.25, 0.3) is 0 Å². The Hall–Kier alpha value is -0.930. The van der Waals surface area contributed by atoms with Crippen molar-refractivity contribution in [3.63, 3.8) is 0 Å². The molecular weight excluding hydrogens is 251 g/mol. The summed E-state index contributed by atoms with van der Waals surface area (Å²) in [5, 5.41) is 3.71. The summed E-state index contributed by atoms with van der Waals surface area (Å²) in [4.78, 5) is 2.60. The van der Waals surface area contributed by atoms with Crippen LogP contribution < -0.4 is 5.32 Å². The second kappa shape index (κ2) is 5.82. The fourth-order valence-corrected chi connectivity index (χ4v) is 4.08. The van der Waals surface area contributed by atoms with E-state index in [1.165, 1.54) is 31.2 Å². The quantitative estimate of drug-likeness (QED) is 0.905. The second-order valence-electron chi connectivity index (χ2n) is 6.32. The molecule has 1 aromatic rings. The molecule has 0 amide bonds. The van der Waals surface area contributed by atoms with Crippen LogP contribution >= 0.6 is 0 Å². The lowest BCUT2D eigenvalue weighted by atomic mass is 9.95. The molecule has 2 aliphatic rings. The Morgan fingerprint density at radius 1 is 1.20 bits per heavy atom. The smallest absolute Gasteiger partial charge is 0.123 e. The van der Waals surface area contributed by atoms with Gasteiger partial charge in [0.2, 0.25) is 0 Å². The minimum absolute atomic E-state index is 0.149. The topological polar surface area (TPSA) is 15.3 Å². The molecule has 0 aromatic heterocycles. The molecule has 1 aromatic carbocycles. The molecule has 0 saturated carbocycles. The SMILES string of the molecule is CCN(C1CC2CCC(C1)N2)C(C)c1ccc(F)cc1. The molecule has 3 rings (SSSR count). The van der Waals surface area contributed by atoms with Gasteiger partial charge in [-0.15, -0.1) is 0 Å². The highest BCUT2D eigenvalue weighted by molar-refractivity contribution is 5.20. The molecular formula is C17H25FN2. The highest BCUT2D eigenvalue weighted by Gasteiger charge is 2.36. The molecule has 110 valence electrons. The fourth-order valence-electron chi connectivity index (χ4n) is 4.08. The summed E-state index contributed by atoms with van der Waals surface area (Å²) in [6.45, 7) is 5.55. The van der Waals surface area contributed by atoms with Gasteiger partial charge in [0.05, 0.1) is 0 Å². The molecule has 2 heterocycles. The maximum atomic E-state index is 13.1. The van der Waals surface area contributed by atoms with E-state index in [0.29, 0.717) is 24.2 Å². The first-order valence-corrected chi connectivity index (χ1v) is 7.94. The monoisotopic (exact) mass is 276 g/mol. The Balaban J connectivity index is 1.73. The highest BCUT2D eigenvalue weighted by Crippen LogP contribution is 2.33. The molecule has 0 aliphatic carbocycles. The number of fused-ring (bicyclic) bond motifs is 2. The predicted molar refractivity (Wildman–Crippen MR) is 80.2 cm³/mol. The summed E-state index contributed by atoms with van der Waals surface area (Å²) in [7, 11) is 0. The van der Waals surface area contributed by atoms with Crippen LogP contribution in [0.25, 0.3) is 0 Å². The summed E-state index contributed by atoms with van der Waals surface area (Å²) >= 11 is 0. The number of halogens is 1. The minimum atomic E-state index is -0.149. The van der Waals surface area contributed by atoms with Crippen molar-refractivity contribution in [2.45, 2.75) is 63.7 Å². The fraction of sp³-hybridized carbons (Fsp3) is 0.647. The van der Waals surface area contributed by atoms with Crippen LogP contribution in [0.3, 0.4) is 0 Å². The lowest BCUT2D eigenvalue weighted by Gasteiger charge is -2.40. The number of piperidine rings is 1. The number of nitrogens with one attached hydrogen (secondary N) is 1. The van der Waals surface area contributed by atoms with Crippen LogP contribution in [0.15, 0.2) is 24.3 Å². The summed E-state index contributed by atoms with van der Waals surface area (Å²) in [6.07, 6.45) is 5.19. The van der Waals surface area contributed by atoms with Gasteiger partial charge < -0.3 is 5.32 Å². The van der Waals surface area contributed by atoms with E-state index in [1.54, 1.807) is 12.1 Å². The number of benzene rings is 1. The van der Waals surface area contributed by atoms with Crippen molar-refractivity contribution in [2.75, 3.05) is 6.54 Å². The first-order chi connectivity index (χ1) is 9.67. The maximum Gasteiger partial charge on any atom is 0.123 e. The van der Waals surface area contributed by atoms with Gasteiger partial charge in [-0.1, -0.05) is 19.1 Å². The van der Waals surface area contributed by atoms with Crippen LogP contribution in [0.4, 0.5) is 4.39 Å². The third-order valence-electron chi connectivity index (χ3n) is 5.13. The zero-order chi connectivity index (χ0) is 14.1. The Morgan fingerprint density at radius 2 is 1.80 bits per heavy atom. The van der Waals surface area contributed by atoms with E-state index < -0.39 is 0 Å². The van der Waals surface area contributed by atoms with Crippen LogP contribution in [0.1, 0.15) is 51.1 Å². The number of nitrogens with zero attached hydrogens (tertiary/aromatic N) is 1. The zero-order valence-electron chi connectivity index (χ0n) is 12.5. The van der Waals surface area contributed by atoms with E-state index in [4.69, 9.17) is 0 Å². The molecule has 3 atom stereocenters. The lowest BCUT2D eigenvalue weighted by molar-refractivity contribution is 0.107. The molecule has 2 aliphatic heterocycles. The molecule has 3 unspecified atom stereocenters. The van der Waals surface area contributed by atoms with Crippen LogP contribution in [0.5, 0.6) is 0 Å². The van der Waals surface area contributed by atoms with E-state index in [9.17, 15) is 4.39 Å². The molecule has 3 heteroatoms. The number of hydrogen-bond acceptors (Lipinski definition) is 2. The van der Waals surface area contributed by atoms with Gasteiger partial charge in [0, 0.05) is 24.2 Å². The standard InChI is InChI=1S/C17H25FN2/c1-3-20(12(2)13-4-6-14(18)7-5-13)17-10-15-8-9-16(11-17)19-15/h4-7,12,15-17,19H,3,8-11H2,1-2H3. The van der Waals surface area contributed by atoms with E-state index in [1.807, 2.05) is 12.1 Å². The van der Waals surface area contributed by atoms with Crippen LogP contribution in [0.2, 0.25) is 0 Å². The average molecular weight is 276 g/mol. The van der Waals surface area contributed by atoms with Crippen molar-refractivity contribution in [3.8, 4) is 0 Å². The molecule has 0 spiro atoms. The van der Waals surface area contributed by atoms with E-state index in [2.05, 4.69) is 24.1 Å².